The Bertz CT molecular complexity index is 909. The van der Waals surface area contributed by atoms with Crippen molar-refractivity contribution in [2.24, 2.45) is 0 Å². The third-order valence-corrected chi connectivity index (χ3v) is 4.19. The van der Waals surface area contributed by atoms with Gasteiger partial charge in [-0.3, -0.25) is 9.59 Å². The molecule has 2 aromatic carbocycles. The van der Waals surface area contributed by atoms with Gasteiger partial charge in [0.05, 0.1) is 22.5 Å². The molecule has 0 unspecified atom stereocenters. The predicted octanol–water partition coefficient (Wildman–Crippen LogP) is 4.80. The van der Waals surface area contributed by atoms with Crippen LogP contribution in [0.3, 0.4) is 0 Å². The lowest BCUT2D eigenvalue weighted by Crippen LogP contribution is -2.25. The van der Waals surface area contributed by atoms with Gasteiger partial charge in [-0.2, -0.15) is 26.3 Å². The second kappa shape index (κ2) is 9.71. The molecule has 0 aliphatic carbocycles. The van der Waals surface area contributed by atoms with Gasteiger partial charge >= 0.3 is 12.4 Å². The second-order valence-electron chi connectivity index (χ2n) is 6.53. The smallest absolute Gasteiger partial charge is 0.386 e. The van der Waals surface area contributed by atoms with Gasteiger partial charge in [0, 0.05) is 26.4 Å². The van der Waals surface area contributed by atoms with Crippen LogP contribution in [-0.4, -0.2) is 18.9 Å². The Morgan fingerprint density at radius 3 is 1.84 bits per heavy atom. The molecule has 31 heavy (non-hydrogen) atoms. The number of hydrogen-bond donors (Lipinski definition) is 3. The summed E-state index contributed by atoms with van der Waals surface area (Å²) in [6.45, 7) is -0.546. The van der Waals surface area contributed by atoms with Gasteiger partial charge in [-0.25, -0.2) is 0 Å². The first-order valence-electron chi connectivity index (χ1n) is 9.02. The van der Waals surface area contributed by atoms with E-state index in [2.05, 4.69) is 16.0 Å². The maximum atomic E-state index is 12.9. The maximum absolute atomic E-state index is 12.9. The molecule has 3 N–H and O–H groups in total. The van der Waals surface area contributed by atoms with Crippen LogP contribution >= 0.6 is 0 Å². The first kappa shape index (κ1) is 24.0. The van der Waals surface area contributed by atoms with E-state index in [1.807, 2.05) is 0 Å². The van der Waals surface area contributed by atoms with Crippen molar-refractivity contribution >= 4 is 23.2 Å². The summed E-state index contributed by atoms with van der Waals surface area (Å²) in [5, 5.41) is 7.72. The van der Waals surface area contributed by atoms with Crippen LogP contribution in [-0.2, 0) is 28.5 Å². The van der Waals surface area contributed by atoms with E-state index < -0.39 is 41.8 Å². The third-order valence-electron chi connectivity index (χ3n) is 4.19. The number of benzene rings is 2. The van der Waals surface area contributed by atoms with Crippen molar-refractivity contribution in [1.29, 1.82) is 0 Å². The van der Waals surface area contributed by atoms with E-state index in [1.165, 1.54) is 0 Å². The van der Waals surface area contributed by atoms with E-state index in [1.54, 1.807) is 31.3 Å². The first-order chi connectivity index (χ1) is 14.4. The molecule has 0 fully saturated rings. The van der Waals surface area contributed by atoms with Crippen LogP contribution in [0.15, 0.2) is 42.5 Å². The van der Waals surface area contributed by atoms with Crippen LogP contribution < -0.4 is 16.0 Å². The number of carbonyl (C=O) groups excluding carboxylic acids is 2. The van der Waals surface area contributed by atoms with E-state index in [-0.39, 0.29) is 24.5 Å². The predicted molar refractivity (Wildman–Crippen MR) is 102 cm³/mol. The van der Waals surface area contributed by atoms with Crippen LogP contribution in [0.2, 0.25) is 0 Å². The van der Waals surface area contributed by atoms with Gasteiger partial charge in [0.25, 0.3) is 0 Å². The first-order valence-corrected chi connectivity index (χ1v) is 9.02. The SMILES string of the molecule is CNc1ccccc1NC(=O)CCC(=O)NCc1cc(C(F)(F)F)cc(C(F)(F)F)c1. The Kier molecular flexibility index (Phi) is 7.53. The third kappa shape index (κ3) is 7.19. The molecule has 2 amide bonds. The molecule has 0 aliphatic rings. The molecule has 0 radical (unpaired) electrons. The van der Waals surface area contributed by atoms with Gasteiger partial charge in [-0.1, -0.05) is 12.1 Å². The zero-order valence-corrected chi connectivity index (χ0v) is 16.2. The number of carbonyl (C=O) groups is 2. The summed E-state index contributed by atoms with van der Waals surface area (Å²) in [4.78, 5) is 23.9. The van der Waals surface area contributed by atoms with Crippen LogP contribution in [0.25, 0.3) is 0 Å². The number of halogens is 6. The van der Waals surface area contributed by atoms with Crippen molar-refractivity contribution < 1.29 is 35.9 Å². The Morgan fingerprint density at radius 2 is 1.32 bits per heavy atom. The van der Waals surface area contributed by atoms with E-state index in [4.69, 9.17) is 0 Å². The standard InChI is InChI=1S/C20H19F6N3O2/c1-27-15-4-2-3-5-16(15)29-18(31)7-6-17(30)28-11-12-8-13(19(21,22)23)10-14(9-12)20(24,25)26/h2-5,8-10,27H,6-7,11H2,1H3,(H,28,30)(H,29,31). The minimum absolute atomic E-state index is 0.0126. The minimum atomic E-state index is -4.97. The highest BCUT2D eigenvalue weighted by Gasteiger charge is 2.36. The average Bonchev–Trinajstić information content (AvgIpc) is 2.69. The van der Waals surface area contributed by atoms with Crippen molar-refractivity contribution in [2.75, 3.05) is 17.7 Å². The average molecular weight is 447 g/mol. The molecule has 11 heteroatoms. The molecule has 0 spiro atoms. The Balaban J connectivity index is 1.95. The summed E-state index contributed by atoms with van der Waals surface area (Å²) in [5.74, 6) is -1.17. The van der Waals surface area contributed by atoms with E-state index >= 15 is 0 Å². The quantitative estimate of drug-likeness (QED) is 0.534. The molecule has 2 aromatic rings. The number of hydrogen-bond acceptors (Lipinski definition) is 3. The molecule has 0 saturated heterocycles. The molecular formula is C20H19F6N3O2. The topological polar surface area (TPSA) is 70.2 Å². The molecule has 5 nitrogen and oxygen atoms in total. The normalized spacial score (nSPS) is 11.7. The van der Waals surface area contributed by atoms with E-state index in [0.717, 1.165) is 0 Å². The molecule has 2 rings (SSSR count). The van der Waals surface area contributed by atoms with Gasteiger partial charge in [-0.15, -0.1) is 0 Å². The van der Waals surface area contributed by atoms with Crippen LogP contribution in [0.5, 0.6) is 0 Å². The van der Waals surface area contributed by atoms with E-state index in [9.17, 15) is 35.9 Å². The summed E-state index contributed by atoms with van der Waals surface area (Å²) in [6.07, 6.45) is -10.5. The Hall–Kier alpha value is -3.24. The molecule has 0 bridgehead atoms. The van der Waals surface area contributed by atoms with Crippen molar-refractivity contribution in [2.45, 2.75) is 31.7 Å². The number of para-hydroxylation sites is 2. The largest absolute Gasteiger partial charge is 0.416 e. The number of rotatable bonds is 7. The van der Waals surface area contributed by atoms with Crippen molar-refractivity contribution in [1.82, 2.24) is 5.32 Å². The summed E-state index contributed by atoms with van der Waals surface area (Å²) in [6, 6.07) is 7.93. The van der Waals surface area contributed by atoms with Gasteiger partial charge in [0.1, 0.15) is 0 Å². The summed E-state index contributed by atoms with van der Waals surface area (Å²) < 4.78 is 77.2. The fourth-order valence-electron chi connectivity index (χ4n) is 2.66. The van der Waals surface area contributed by atoms with Crippen LogP contribution in [0, 0.1) is 0 Å². The zero-order valence-electron chi connectivity index (χ0n) is 16.2. The molecule has 168 valence electrons. The number of anilines is 2. The molecular weight excluding hydrogens is 428 g/mol. The monoisotopic (exact) mass is 447 g/mol. The highest BCUT2D eigenvalue weighted by atomic mass is 19.4. The lowest BCUT2D eigenvalue weighted by atomic mass is 10.0. The van der Waals surface area contributed by atoms with Gasteiger partial charge in [-0.05, 0) is 35.9 Å². The fraction of sp³-hybridized carbons (Fsp3) is 0.300. The van der Waals surface area contributed by atoms with Crippen LogP contribution in [0.4, 0.5) is 37.7 Å². The number of alkyl halides is 6. The second-order valence-corrected chi connectivity index (χ2v) is 6.53. The fourth-order valence-corrected chi connectivity index (χ4v) is 2.66. The number of amides is 2. The lowest BCUT2D eigenvalue weighted by molar-refractivity contribution is -0.143. The molecule has 0 aliphatic heterocycles. The Morgan fingerprint density at radius 1 is 0.806 bits per heavy atom. The summed E-state index contributed by atoms with van der Waals surface area (Å²) in [5.41, 5.74) is -2.13. The summed E-state index contributed by atoms with van der Waals surface area (Å²) in [7, 11) is 1.66. The van der Waals surface area contributed by atoms with Crippen LogP contribution in [0.1, 0.15) is 29.5 Å². The van der Waals surface area contributed by atoms with E-state index in [0.29, 0.717) is 23.5 Å². The number of nitrogens with one attached hydrogen (secondary N) is 3. The summed E-state index contributed by atoms with van der Waals surface area (Å²) >= 11 is 0. The van der Waals surface area contributed by atoms with Gasteiger partial charge < -0.3 is 16.0 Å². The molecule has 0 atom stereocenters. The molecule has 0 saturated carbocycles. The highest BCUT2D eigenvalue weighted by Crippen LogP contribution is 2.36. The highest BCUT2D eigenvalue weighted by molar-refractivity contribution is 5.95. The van der Waals surface area contributed by atoms with Gasteiger partial charge in [0.2, 0.25) is 11.8 Å². The molecule has 0 heterocycles. The zero-order chi connectivity index (χ0) is 23.2. The van der Waals surface area contributed by atoms with Crippen molar-refractivity contribution in [3.8, 4) is 0 Å². The minimum Gasteiger partial charge on any atom is -0.386 e. The maximum Gasteiger partial charge on any atom is 0.416 e. The van der Waals surface area contributed by atoms with Gasteiger partial charge in [0.15, 0.2) is 0 Å². The molecule has 0 aromatic heterocycles. The Labute approximate surface area is 173 Å². The lowest BCUT2D eigenvalue weighted by Gasteiger charge is -2.14. The van der Waals surface area contributed by atoms with Crippen molar-refractivity contribution in [3.05, 3.63) is 59.2 Å². The van der Waals surface area contributed by atoms with Crippen molar-refractivity contribution in [3.63, 3.8) is 0 Å².